The molecule has 0 atom stereocenters. The summed E-state index contributed by atoms with van der Waals surface area (Å²) in [6.07, 6.45) is 3.34. The van der Waals surface area contributed by atoms with Crippen LogP contribution in [-0.4, -0.2) is 0 Å². The second kappa shape index (κ2) is 10.5. The summed E-state index contributed by atoms with van der Waals surface area (Å²) in [5.41, 5.74) is 4.74. The van der Waals surface area contributed by atoms with Crippen LogP contribution in [0.15, 0.2) is 35.4 Å². The van der Waals surface area contributed by atoms with Crippen LogP contribution in [0.4, 0.5) is 0 Å². The van der Waals surface area contributed by atoms with E-state index in [2.05, 4.69) is 38.1 Å². The van der Waals surface area contributed by atoms with Crippen LogP contribution < -0.4 is 0 Å². The minimum Gasteiger partial charge on any atom is -0.192 e. The van der Waals surface area contributed by atoms with E-state index in [1.165, 1.54) is 20.9 Å². The molecule has 4 heterocycles. The van der Waals surface area contributed by atoms with Gasteiger partial charge in [-0.25, -0.2) is 0 Å². The number of hydrogen-bond donors (Lipinski definition) is 0. The lowest BCUT2D eigenvalue weighted by Gasteiger charge is -1.96. The molecule has 8 heteroatoms. The van der Waals surface area contributed by atoms with Crippen molar-refractivity contribution in [2.45, 2.75) is 27.7 Å². The molecule has 0 spiro atoms. The van der Waals surface area contributed by atoms with Gasteiger partial charge in [0, 0.05) is 39.0 Å². The van der Waals surface area contributed by atoms with Crippen molar-refractivity contribution in [3.8, 4) is 53.5 Å². The van der Waals surface area contributed by atoms with Crippen molar-refractivity contribution in [1.29, 1.82) is 21.0 Å². The second-order valence-electron chi connectivity index (χ2n) is 7.98. The molecule has 0 N–H and O–H groups in total. The Morgan fingerprint density at radius 3 is 1.19 bits per heavy atom. The highest BCUT2D eigenvalue weighted by Gasteiger charge is 2.18. The summed E-state index contributed by atoms with van der Waals surface area (Å²) < 4.78 is 0. The summed E-state index contributed by atoms with van der Waals surface area (Å²) in [5, 5.41) is 36.5. The van der Waals surface area contributed by atoms with E-state index in [1.807, 2.05) is 38.1 Å². The zero-order valence-electron chi connectivity index (χ0n) is 19.9. The molecule has 0 unspecified atom stereocenters. The maximum absolute atomic E-state index is 9.12. The number of rotatable bonds is 5. The van der Waals surface area contributed by atoms with Crippen molar-refractivity contribution in [3.05, 3.63) is 67.4 Å². The molecule has 0 saturated carbocycles. The van der Waals surface area contributed by atoms with Gasteiger partial charge in [-0.2, -0.15) is 21.0 Å². The van der Waals surface area contributed by atoms with E-state index in [9.17, 15) is 0 Å². The van der Waals surface area contributed by atoms with Gasteiger partial charge in [-0.05, 0) is 86.4 Å². The SMILES string of the molecule is Cc1c(C=C(C#N)C#N)sc(-c2ccc(-c3ccc(-c4sc(C=C(C#N)C#N)c(C)c4C)s3)s2)c1C. The van der Waals surface area contributed by atoms with Crippen molar-refractivity contribution in [2.24, 2.45) is 0 Å². The monoisotopic (exact) mass is 538 g/mol. The lowest BCUT2D eigenvalue weighted by atomic mass is 10.1. The molecule has 0 aromatic carbocycles. The van der Waals surface area contributed by atoms with Crippen molar-refractivity contribution in [1.82, 2.24) is 0 Å². The average molecular weight is 539 g/mol. The van der Waals surface area contributed by atoms with Gasteiger partial charge in [-0.1, -0.05) is 0 Å². The van der Waals surface area contributed by atoms with E-state index in [0.29, 0.717) is 0 Å². The highest BCUT2D eigenvalue weighted by atomic mass is 32.1. The molecule has 0 aliphatic rings. The van der Waals surface area contributed by atoms with E-state index in [1.54, 1.807) is 57.5 Å². The summed E-state index contributed by atoms with van der Waals surface area (Å²) >= 11 is 6.68. The molecular weight excluding hydrogens is 521 g/mol. The van der Waals surface area contributed by atoms with Gasteiger partial charge >= 0.3 is 0 Å². The molecule has 0 amide bonds. The molecular formula is C28H18N4S4. The van der Waals surface area contributed by atoms with Crippen molar-refractivity contribution in [2.75, 3.05) is 0 Å². The summed E-state index contributed by atoms with van der Waals surface area (Å²) in [6.45, 7) is 8.21. The summed E-state index contributed by atoms with van der Waals surface area (Å²) in [6, 6.07) is 16.3. The predicted molar refractivity (Wildman–Crippen MR) is 152 cm³/mol. The predicted octanol–water partition coefficient (Wildman–Crippen LogP) is 9.03. The first-order valence-electron chi connectivity index (χ1n) is 10.8. The summed E-state index contributed by atoms with van der Waals surface area (Å²) in [4.78, 5) is 8.90. The maximum atomic E-state index is 9.12. The van der Waals surface area contributed by atoms with Crippen LogP contribution in [0.5, 0.6) is 0 Å². The molecule has 0 aliphatic carbocycles. The van der Waals surface area contributed by atoms with E-state index in [-0.39, 0.29) is 11.1 Å². The van der Waals surface area contributed by atoms with Gasteiger partial charge in [0.05, 0.1) is 0 Å². The lowest BCUT2D eigenvalue weighted by molar-refractivity contribution is 1.39. The molecule has 36 heavy (non-hydrogen) atoms. The Kier molecular flexibility index (Phi) is 7.37. The normalized spacial score (nSPS) is 10.1. The fourth-order valence-corrected chi connectivity index (χ4v) is 8.56. The van der Waals surface area contributed by atoms with E-state index in [4.69, 9.17) is 21.0 Å². The summed E-state index contributed by atoms with van der Waals surface area (Å²) in [7, 11) is 0. The molecule has 4 rings (SSSR count). The van der Waals surface area contributed by atoms with Gasteiger partial charge < -0.3 is 0 Å². The first-order chi connectivity index (χ1) is 17.3. The fraction of sp³-hybridized carbons (Fsp3) is 0.143. The Labute approximate surface area is 226 Å². The zero-order valence-corrected chi connectivity index (χ0v) is 23.2. The Hall–Kier alpha value is -3.76. The van der Waals surface area contributed by atoms with Crippen LogP contribution >= 0.6 is 45.3 Å². The lowest BCUT2D eigenvalue weighted by Crippen LogP contribution is -1.77. The van der Waals surface area contributed by atoms with Crippen LogP contribution in [0.25, 0.3) is 41.4 Å². The third-order valence-corrected chi connectivity index (χ3v) is 11.3. The van der Waals surface area contributed by atoms with E-state index in [0.717, 1.165) is 40.4 Å². The topological polar surface area (TPSA) is 95.2 Å². The highest BCUT2D eigenvalue weighted by molar-refractivity contribution is 7.28. The van der Waals surface area contributed by atoms with E-state index >= 15 is 0 Å². The molecule has 0 aliphatic heterocycles. The van der Waals surface area contributed by atoms with E-state index < -0.39 is 0 Å². The molecule has 4 aromatic heterocycles. The van der Waals surface area contributed by atoms with Crippen LogP contribution in [0.1, 0.15) is 32.0 Å². The molecule has 0 fully saturated rings. The molecule has 0 bridgehead atoms. The minimum atomic E-state index is 0.109. The van der Waals surface area contributed by atoms with Gasteiger partial charge in [0.15, 0.2) is 0 Å². The minimum absolute atomic E-state index is 0.109. The first kappa shape index (κ1) is 25.3. The number of allylic oxidation sites excluding steroid dienone is 2. The molecule has 0 saturated heterocycles. The third kappa shape index (κ3) is 4.69. The van der Waals surface area contributed by atoms with Gasteiger partial charge in [0.1, 0.15) is 35.4 Å². The molecule has 174 valence electrons. The van der Waals surface area contributed by atoms with Crippen molar-refractivity contribution in [3.63, 3.8) is 0 Å². The number of thiophene rings is 4. The van der Waals surface area contributed by atoms with Gasteiger partial charge in [0.25, 0.3) is 0 Å². The Morgan fingerprint density at radius 2 is 0.861 bits per heavy atom. The molecule has 4 nitrogen and oxygen atoms in total. The standard InChI is InChI=1S/C28H18N4S4/c1-15-17(3)27(35-25(15)9-19(11-29)12-30)23-7-5-21(33-23)22-6-8-24(34-22)28-18(4)16(2)26(36-28)10-20(13-31)14-32/h5-10H,1-4H3. The van der Waals surface area contributed by atoms with Gasteiger partial charge in [-0.3, -0.25) is 0 Å². The Balaban J connectivity index is 1.67. The smallest absolute Gasteiger partial charge is 0.131 e. The average Bonchev–Trinajstić information content (AvgIpc) is 3.66. The highest BCUT2D eigenvalue weighted by Crippen LogP contribution is 2.46. The third-order valence-electron chi connectivity index (χ3n) is 5.90. The van der Waals surface area contributed by atoms with Crippen LogP contribution in [0.2, 0.25) is 0 Å². The van der Waals surface area contributed by atoms with Crippen LogP contribution in [0, 0.1) is 73.0 Å². The quantitative estimate of drug-likeness (QED) is 0.237. The van der Waals surface area contributed by atoms with Gasteiger partial charge in [0.2, 0.25) is 0 Å². The number of nitriles is 4. The zero-order chi connectivity index (χ0) is 26.0. The van der Waals surface area contributed by atoms with Crippen LogP contribution in [-0.2, 0) is 0 Å². The number of nitrogens with zero attached hydrogens (tertiary/aromatic N) is 4. The summed E-state index contributed by atoms with van der Waals surface area (Å²) in [5.74, 6) is 0. The van der Waals surface area contributed by atoms with Crippen molar-refractivity contribution >= 4 is 57.5 Å². The fourth-order valence-electron chi connectivity index (χ4n) is 3.61. The molecule has 0 radical (unpaired) electrons. The first-order valence-corrected chi connectivity index (χ1v) is 14.0. The van der Waals surface area contributed by atoms with Gasteiger partial charge in [-0.15, -0.1) is 45.3 Å². The molecule has 4 aromatic rings. The van der Waals surface area contributed by atoms with Crippen LogP contribution in [0.3, 0.4) is 0 Å². The second-order valence-corrected chi connectivity index (χ2v) is 12.3. The Morgan fingerprint density at radius 1 is 0.528 bits per heavy atom. The van der Waals surface area contributed by atoms with Crippen molar-refractivity contribution < 1.29 is 0 Å². The maximum Gasteiger partial charge on any atom is 0.131 e. The number of hydrogen-bond acceptors (Lipinski definition) is 8. The Bertz CT molecular complexity index is 1560. The largest absolute Gasteiger partial charge is 0.192 e.